The van der Waals surface area contributed by atoms with Gasteiger partial charge in [-0.2, -0.15) is 0 Å². The van der Waals surface area contributed by atoms with Crippen molar-refractivity contribution in [2.45, 2.75) is 6.92 Å². The molecule has 0 spiro atoms. The molecule has 0 bridgehead atoms. The van der Waals surface area contributed by atoms with E-state index in [1.807, 2.05) is 31.2 Å². The molecule has 130 valence electrons. The summed E-state index contributed by atoms with van der Waals surface area (Å²) >= 11 is 0. The van der Waals surface area contributed by atoms with Gasteiger partial charge in [0.25, 0.3) is 0 Å². The molecule has 26 heavy (non-hydrogen) atoms. The standard InChI is InChI=1S/C20H16N2O4/c1-12-8-20(24)22-16-10-14(4-5-15(12)16)21-19(23)7-3-13-2-6-17-18(9-13)26-11-25-17/h2-10H,11H2,1H3,(H,21,23)(H,22,24)/b7-3-. The van der Waals surface area contributed by atoms with Gasteiger partial charge < -0.3 is 19.8 Å². The van der Waals surface area contributed by atoms with Crippen molar-refractivity contribution in [1.82, 2.24) is 4.98 Å². The number of carbonyl (C=O) groups excluding carboxylic acids is 1. The second kappa shape index (κ2) is 6.40. The fourth-order valence-corrected chi connectivity index (χ4v) is 2.89. The summed E-state index contributed by atoms with van der Waals surface area (Å²) in [6.45, 7) is 2.09. The summed E-state index contributed by atoms with van der Waals surface area (Å²) in [6, 6.07) is 12.4. The zero-order valence-electron chi connectivity index (χ0n) is 14.0. The Morgan fingerprint density at radius 1 is 1.12 bits per heavy atom. The number of amides is 1. The maximum absolute atomic E-state index is 12.2. The first-order chi connectivity index (χ1) is 12.6. The lowest BCUT2D eigenvalue weighted by molar-refractivity contribution is -0.111. The molecule has 6 nitrogen and oxygen atoms in total. The molecule has 0 fully saturated rings. The summed E-state index contributed by atoms with van der Waals surface area (Å²) in [4.78, 5) is 26.5. The van der Waals surface area contributed by atoms with Crippen LogP contribution >= 0.6 is 0 Å². The van der Waals surface area contributed by atoms with Crippen LogP contribution in [0.4, 0.5) is 5.69 Å². The first kappa shape index (κ1) is 16.0. The van der Waals surface area contributed by atoms with E-state index in [1.165, 1.54) is 6.08 Å². The van der Waals surface area contributed by atoms with E-state index in [9.17, 15) is 9.59 Å². The highest BCUT2D eigenvalue weighted by atomic mass is 16.7. The number of hydrogen-bond donors (Lipinski definition) is 2. The number of H-pyrrole nitrogens is 1. The molecular formula is C20H16N2O4. The first-order valence-corrected chi connectivity index (χ1v) is 8.11. The van der Waals surface area contributed by atoms with E-state index in [2.05, 4.69) is 10.3 Å². The summed E-state index contributed by atoms with van der Waals surface area (Å²) in [5.41, 5.74) is 2.86. The van der Waals surface area contributed by atoms with E-state index in [0.717, 1.165) is 16.5 Å². The second-order valence-corrected chi connectivity index (χ2v) is 6.01. The molecule has 4 rings (SSSR count). The molecule has 0 atom stereocenters. The molecule has 0 unspecified atom stereocenters. The van der Waals surface area contributed by atoms with Crippen LogP contribution in [0.15, 0.2) is 53.3 Å². The van der Waals surface area contributed by atoms with E-state index in [0.29, 0.717) is 22.7 Å². The summed E-state index contributed by atoms with van der Waals surface area (Å²) in [5, 5.41) is 3.73. The average molecular weight is 348 g/mol. The molecule has 2 N–H and O–H groups in total. The van der Waals surface area contributed by atoms with Crippen LogP contribution in [0.1, 0.15) is 11.1 Å². The zero-order chi connectivity index (χ0) is 18.1. The molecule has 1 aliphatic rings. The van der Waals surface area contributed by atoms with Crippen molar-refractivity contribution in [1.29, 1.82) is 0 Å². The maximum Gasteiger partial charge on any atom is 0.248 e. The molecular weight excluding hydrogens is 332 g/mol. The van der Waals surface area contributed by atoms with E-state index < -0.39 is 0 Å². The molecule has 1 amide bonds. The number of aromatic amines is 1. The Morgan fingerprint density at radius 3 is 2.85 bits per heavy atom. The monoisotopic (exact) mass is 348 g/mol. The summed E-state index contributed by atoms with van der Waals surface area (Å²) in [6.07, 6.45) is 3.14. The fourth-order valence-electron chi connectivity index (χ4n) is 2.89. The van der Waals surface area contributed by atoms with Crippen molar-refractivity contribution in [2.75, 3.05) is 12.1 Å². The number of pyridine rings is 1. The molecule has 0 radical (unpaired) electrons. The van der Waals surface area contributed by atoms with Gasteiger partial charge in [0.05, 0.1) is 5.52 Å². The molecule has 3 aromatic rings. The molecule has 0 saturated carbocycles. The normalized spacial score (nSPS) is 12.7. The number of ether oxygens (including phenoxy) is 2. The average Bonchev–Trinajstić information content (AvgIpc) is 3.07. The van der Waals surface area contributed by atoms with Crippen LogP contribution in [-0.4, -0.2) is 17.7 Å². The molecule has 0 saturated heterocycles. The van der Waals surface area contributed by atoms with Gasteiger partial charge in [0.2, 0.25) is 18.3 Å². The van der Waals surface area contributed by atoms with E-state index in [-0.39, 0.29) is 18.3 Å². The SMILES string of the molecule is Cc1cc(=O)[nH]c2cc(NC(=O)/C=C\c3ccc4c(c3)OCO4)ccc12. The van der Waals surface area contributed by atoms with Gasteiger partial charge in [-0.25, -0.2) is 0 Å². The third-order valence-electron chi connectivity index (χ3n) is 4.14. The third-order valence-corrected chi connectivity index (χ3v) is 4.14. The summed E-state index contributed by atoms with van der Waals surface area (Å²) < 4.78 is 10.6. The van der Waals surface area contributed by atoms with Crippen LogP contribution in [-0.2, 0) is 4.79 Å². The highest BCUT2D eigenvalue weighted by molar-refractivity contribution is 6.03. The number of nitrogens with one attached hydrogen (secondary N) is 2. The van der Waals surface area contributed by atoms with Gasteiger partial charge in [-0.3, -0.25) is 9.59 Å². The largest absolute Gasteiger partial charge is 0.454 e. The van der Waals surface area contributed by atoms with Crippen LogP contribution in [0.2, 0.25) is 0 Å². The predicted molar refractivity (Wildman–Crippen MR) is 99.5 cm³/mol. The fraction of sp³-hybridized carbons (Fsp3) is 0.100. The Kier molecular flexibility index (Phi) is 3.93. The van der Waals surface area contributed by atoms with Crippen LogP contribution in [0, 0.1) is 6.92 Å². The number of hydrogen-bond acceptors (Lipinski definition) is 4. The van der Waals surface area contributed by atoms with Crippen LogP contribution in [0.3, 0.4) is 0 Å². The lowest BCUT2D eigenvalue weighted by atomic mass is 10.1. The molecule has 0 aliphatic carbocycles. The number of aromatic nitrogens is 1. The van der Waals surface area contributed by atoms with Crippen molar-refractivity contribution in [3.8, 4) is 11.5 Å². The van der Waals surface area contributed by atoms with Gasteiger partial charge in [-0.15, -0.1) is 0 Å². The lowest BCUT2D eigenvalue weighted by Crippen LogP contribution is -2.09. The molecule has 2 heterocycles. The van der Waals surface area contributed by atoms with Gasteiger partial charge >= 0.3 is 0 Å². The van der Waals surface area contributed by atoms with E-state index in [1.54, 1.807) is 24.3 Å². The minimum Gasteiger partial charge on any atom is -0.454 e. The number of fused-ring (bicyclic) bond motifs is 2. The number of benzene rings is 2. The zero-order valence-corrected chi connectivity index (χ0v) is 14.0. The van der Waals surface area contributed by atoms with E-state index >= 15 is 0 Å². The van der Waals surface area contributed by atoms with Gasteiger partial charge in [0.15, 0.2) is 11.5 Å². The van der Waals surface area contributed by atoms with Gasteiger partial charge in [0.1, 0.15) is 0 Å². The van der Waals surface area contributed by atoms with Crippen molar-refractivity contribution in [3.05, 3.63) is 70.0 Å². The number of rotatable bonds is 3. The first-order valence-electron chi connectivity index (χ1n) is 8.11. The van der Waals surface area contributed by atoms with Gasteiger partial charge in [-0.05, 0) is 48.4 Å². The second-order valence-electron chi connectivity index (χ2n) is 6.01. The predicted octanol–water partition coefficient (Wildman–Crippen LogP) is 3.22. The number of anilines is 1. The Balaban J connectivity index is 1.51. The topological polar surface area (TPSA) is 80.4 Å². The highest BCUT2D eigenvalue weighted by Gasteiger charge is 2.12. The molecule has 6 heteroatoms. The minimum atomic E-state index is -0.267. The van der Waals surface area contributed by atoms with Crippen molar-refractivity contribution >= 4 is 28.6 Å². The van der Waals surface area contributed by atoms with Gasteiger partial charge in [0, 0.05) is 23.2 Å². The summed E-state index contributed by atoms with van der Waals surface area (Å²) in [7, 11) is 0. The molecule has 1 aliphatic heterocycles. The smallest absolute Gasteiger partial charge is 0.248 e. The van der Waals surface area contributed by atoms with Gasteiger partial charge in [-0.1, -0.05) is 12.1 Å². The minimum absolute atomic E-state index is 0.166. The number of aryl methyl sites for hydroxylation is 1. The summed E-state index contributed by atoms with van der Waals surface area (Å²) in [5.74, 6) is 1.10. The highest BCUT2D eigenvalue weighted by Crippen LogP contribution is 2.32. The maximum atomic E-state index is 12.2. The molecule has 1 aromatic heterocycles. The van der Waals surface area contributed by atoms with Crippen molar-refractivity contribution in [2.24, 2.45) is 0 Å². The Labute approximate surface area is 149 Å². The number of carbonyl (C=O) groups is 1. The van der Waals surface area contributed by atoms with Crippen molar-refractivity contribution in [3.63, 3.8) is 0 Å². The van der Waals surface area contributed by atoms with Crippen molar-refractivity contribution < 1.29 is 14.3 Å². The van der Waals surface area contributed by atoms with Crippen LogP contribution in [0.25, 0.3) is 17.0 Å². The van der Waals surface area contributed by atoms with Crippen LogP contribution < -0.4 is 20.3 Å². The van der Waals surface area contributed by atoms with Crippen LogP contribution in [0.5, 0.6) is 11.5 Å². The Hall–Kier alpha value is -3.54. The Morgan fingerprint density at radius 2 is 1.96 bits per heavy atom. The lowest BCUT2D eigenvalue weighted by Gasteiger charge is -2.06. The Bertz CT molecular complexity index is 1100. The molecule has 2 aromatic carbocycles. The third kappa shape index (κ3) is 3.17. The quantitative estimate of drug-likeness (QED) is 0.712. The van der Waals surface area contributed by atoms with E-state index in [4.69, 9.17) is 9.47 Å².